The van der Waals surface area contributed by atoms with Crippen LogP contribution in [0.1, 0.15) is 27.2 Å². The molecule has 1 aliphatic rings. The molecule has 0 spiro atoms. The van der Waals surface area contributed by atoms with Crippen molar-refractivity contribution in [2.75, 3.05) is 26.2 Å². The number of benzene rings is 1. The Morgan fingerprint density at radius 3 is 2.22 bits per heavy atom. The van der Waals surface area contributed by atoms with Crippen molar-refractivity contribution in [3.8, 4) is 0 Å². The minimum absolute atomic E-state index is 0.0282. The Balaban J connectivity index is 2.04. The first-order valence-electron chi connectivity index (χ1n) is 7.64. The van der Waals surface area contributed by atoms with Gasteiger partial charge in [-0.05, 0) is 17.5 Å². The van der Waals surface area contributed by atoms with Crippen LogP contribution in [0, 0.1) is 11.2 Å². The molecule has 0 aliphatic carbocycles. The number of piperazine rings is 1. The van der Waals surface area contributed by atoms with E-state index in [9.17, 15) is 17.6 Å². The van der Waals surface area contributed by atoms with Gasteiger partial charge in [-0.3, -0.25) is 4.79 Å². The zero-order valence-corrected chi connectivity index (χ0v) is 14.6. The molecule has 1 aromatic carbocycles. The average molecular weight is 342 g/mol. The standard InChI is InChI=1S/C16H23FN2O3S/c1-16(2,3)12-15(20)18-8-10-19(11-9-18)23(21,22)14-7-5-4-6-13(14)17/h4-7H,8-12H2,1-3H3. The second-order valence-corrected chi connectivity index (χ2v) is 8.86. The lowest BCUT2D eigenvalue weighted by molar-refractivity contribution is -0.134. The summed E-state index contributed by atoms with van der Waals surface area (Å²) in [5, 5.41) is 0. The SMILES string of the molecule is CC(C)(C)CC(=O)N1CCN(S(=O)(=O)c2ccccc2F)CC1. The number of sulfonamides is 1. The number of carbonyl (C=O) groups is 1. The first-order valence-corrected chi connectivity index (χ1v) is 9.08. The van der Waals surface area contributed by atoms with Crippen LogP contribution in [0.25, 0.3) is 0 Å². The lowest BCUT2D eigenvalue weighted by Gasteiger charge is -2.35. The summed E-state index contributed by atoms with van der Waals surface area (Å²) in [6.07, 6.45) is 0.424. The number of rotatable bonds is 3. The van der Waals surface area contributed by atoms with E-state index in [4.69, 9.17) is 0 Å². The molecule has 128 valence electrons. The fourth-order valence-corrected chi connectivity index (χ4v) is 4.02. The van der Waals surface area contributed by atoms with Gasteiger partial charge in [-0.15, -0.1) is 0 Å². The first-order chi connectivity index (χ1) is 10.6. The summed E-state index contributed by atoms with van der Waals surface area (Å²) in [6.45, 7) is 7.02. The molecule has 23 heavy (non-hydrogen) atoms. The van der Waals surface area contributed by atoms with Crippen molar-refractivity contribution in [1.29, 1.82) is 0 Å². The van der Waals surface area contributed by atoms with Gasteiger partial charge in [0, 0.05) is 32.6 Å². The average Bonchev–Trinajstić information content (AvgIpc) is 2.46. The Hall–Kier alpha value is -1.47. The number of hydrogen-bond donors (Lipinski definition) is 0. The quantitative estimate of drug-likeness (QED) is 0.845. The topological polar surface area (TPSA) is 57.7 Å². The number of carbonyl (C=O) groups excluding carboxylic acids is 1. The largest absolute Gasteiger partial charge is 0.340 e. The zero-order valence-electron chi connectivity index (χ0n) is 13.8. The molecule has 1 heterocycles. The van der Waals surface area contributed by atoms with Crippen molar-refractivity contribution in [3.05, 3.63) is 30.1 Å². The molecule has 1 fully saturated rings. The van der Waals surface area contributed by atoms with Crippen LogP contribution >= 0.6 is 0 Å². The van der Waals surface area contributed by atoms with Gasteiger partial charge in [-0.2, -0.15) is 4.31 Å². The summed E-state index contributed by atoms with van der Waals surface area (Å²) in [5.74, 6) is -0.723. The van der Waals surface area contributed by atoms with Crippen molar-refractivity contribution in [3.63, 3.8) is 0 Å². The van der Waals surface area contributed by atoms with Gasteiger partial charge < -0.3 is 4.90 Å². The molecule has 0 radical (unpaired) electrons. The highest BCUT2D eigenvalue weighted by atomic mass is 32.2. The van der Waals surface area contributed by atoms with Gasteiger partial charge >= 0.3 is 0 Å². The Morgan fingerprint density at radius 2 is 1.70 bits per heavy atom. The third kappa shape index (κ3) is 4.29. The number of nitrogens with zero attached hydrogens (tertiary/aromatic N) is 2. The molecule has 1 aliphatic heterocycles. The van der Waals surface area contributed by atoms with Crippen LogP contribution in [0.15, 0.2) is 29.2 Å². The molecule has 0 N–H and O–H groups in total. The van der Waals surface area contributed by atoms with E-state index in [2.05, 4.69) is 0 Å². The Labute approximate surface area is 137 Å². The van der Waals surface area contributed by atoms with E-state index in [0.717, 1.165) is 6.07 Å². The monoisotopic (exact) mass is 342 g/mol. The van der Waals surface area contributed by atoms with E-state index in [1.54, 1.807) is 4.90 Å². The molecule has 0 atom stereocenters. The minimum Gasteiger partial charge on any atom is -0.340 e. The smallest absolute Gasteiger partial charge is 0.246 e. The van der Waals surface area contributed by atoms with Crippen molar-refractivity contribution in [2.45, 2.75) is 32.1 Å². The lowest BCUT2D eigenvalue weighted by atomic mass is 9.91. The lowest BCUT2D eigenvalue weighted by Crippen LogP contribution is -2.51. The highest BCUT2D eigenvalue weighted by Gasteiger charge is 2.32. The van der Waals surface area contributed by atoms with Crippen molar-refractivity contribution >= 4 is 15.9 Å². The van der Waals surface area contributed by atoms with E-state index in [1.807, 2.05) is 20.8 Å². The van der Waals surface area contributed by atoms with Gasteiger partial charge in [-0.25, -0.2) is 12.8 Å². The van der Waals surface area contributed by atoms with Crippen LogP contribution in [0.5, 0.6) is 0 Å². The first kappa shape index (κ1) is 17.9. The number of hydrogen-bond acceptors (Lipinski definition) is 3. The van der Waals surface area contributed by atoms with Crippen LogP contribution in [0.2, 0.25) is 0 Å². The summed E-state index contributed by atoms with van der Waals surface area (Å²) >= 11 is 0. The summed E-state index contributed by atoms with van der Waals surface area (Å²) in [7, 11) is -3.86. The summed E-state index contributed by atoms with van der Waals surface area (Å²) in [6, 6.07) is 5.36. The molecule has 7 heteroatoms. The minimum atomic E-state index is -3.86. The van der Waals surface area contributed by atoms with Crippen molar-refractivity contribution < 1.29 is 17.6 Å². The number of halogens is 1. The molecule has 0 saturated carbocycles. The second-order valence-electron chi connectivity index (χ2n) is 6.95. The molecule has 0 bridgehead atoms. The van der Waals surface area contributed by atoms with Gasteiger partial charge in [0.25, 0.3) is 0 Å². The predicted octanol–water partition coefficient (Wildman–Crippen LogP) is 2.09. The maximum Gasteiger partial charge on any atom is 0.246 e. The molecule has 1 aromatic rings. The normalized spacial score (nSPS) is 17.3. The molecule has 2 rings (SSSR count). The summed E-state index contributed by atoms with van der Waals surface area (Å²) < 4.78 is 40.0. The third-order valence-corrected chi connectivity index (χ3v) is 5.66. The van der Waals surface area contributed by atoms with Gasteiger partial charge in [0.05, 0.1) is 0 Å². The number of amides is 1. The summed E-state index contributed by atoms with van der Waals surface area (Å²) in [4.78, 5) is 13.6. The van der Waals surface area contributed by atoms with Crippen LogP contribution in [-0.4, -0.2) is 49.7 Å². The Morgan fingerprint density at radius 1 is 1.13 bits per heavy atom. The zero-order chi connectivity index (χ0) is 17.3. The Bertz CT molecular complexity index is 675. The molecule has 5 nitrogen and oxygen atoms in total. The Kier molecular flexibility index (Phi) is 5.10. The van der Waals surface area contributed by atoms with Crippen LogP contribution in [0.3, 0.4) is 0 Å². The van der Waals surface area contributed by atoms with Gasteiger partial charge in [0.15, 0.2) is 0 Å². The van der Waals surface area contributed by atoms with Crippen molar-refractivity contribution in [1.82, 2.24) is 9.21 Å². The molecule has 1 amide bonds. The maximum absolute atomic E-state index is 13.8. The molecule has 0 unspecified atom stereocenters. The van der Waals surface area contributed by atoms with E-state index in [-0.39, 0.29) is 29.3 Å². The van der Waals surface area contributed by atoms with E-state index >= 15 is 0 Å². The second kappa shape index (κ2) is 6.57. The van der Waals surface area contributed by atoms with Crippen LogP contribution in [-0.2, 0) is 14.8 Å². The molecular formula is C16H23FN2O3S. The van der Waals surface area contributed by atoms with Gasteiger partial charge in [-0.1, -0.05) is 32.9 Å². The van der Waals surface area contributed by atoms with Crippen molar-refractivity contribution in [2.24, 2.45) is 5.41 Å². The molecule has 0 aromatic heterocycles. The third-order valence-electron chi connectivity index (χ3n) is 3.73. The molecule has 1 saturated heterocycles. The molecular weight excluding hydrogens is 319 g/mol. The highest BCUT2D eigenvalue weighted by Crippen LogP contribution is 2.23. The van der Waals surface area contributed by atoms with E-state index in [1.165, 1.54) is 22.5 Å². The fraction of sp³-hybridized carbons (Fsp3) is 0.562. The maximum atomic E-state index is 13.8. The van der Waals surface area contributed by atoms with Gasteiger partial charge in [0.1, 0.15) is 10.7 Å². The fourth-order valence-electron chi connectivity index (χ4n) is 2.54. The predicted molar refractivity (Wildman–Crippen MR) is 85.8 cm³/mol. The van der Waals surface area contributed by atoms with Crippen LogP contribution < -0.4 is 0 Å². The van der Waals surface area contributed by atoms with Crippen LogP contribution in [0.4, 0.5) is 4.39 Å². The van der Waals surface area contributed by atoms with E-state index in [0.29, 0.717) is 19.5 Å². The van der Waals surface area contributed by atoms with Gasteiger partial charge in [0.2, 0.25) is 15.9 Å². The van der Waals surface area contributed by atoms with E-state index < -0.39 is 15.8 Å². The highest BCUT2D eigenvalue weighted by molar-refractivity contribution is 7.89. The summed E-state index contributed by atoms with van der Waals surface area (Å²) in [5.41, 5.74) is -0.104.